The van der Waals surface area contributed by atoms with Gasteiger partial charge in [-0.3, -0.25) is 4.79 Å². The van der Waals surface area contributed by atoms with Gasteiger partial charge in [0, 0.05) is 0 Å². The molecule has 0 saturated heterocycles. The molecule has 0 aromatic carbocycles. The van der Waals surface area contributed by atoms with E-state index in [1.165, 1.54) is 0 Å². The number of aliphatic carboxylic acids is 1. The lowest BCUT2D eigenvalue weighted by Gasteiger charge is -2.06. The summed E-state index contributed by atoms with van der Waals surface area (Å²) in [6.45, 7) is 0. The first-order valence-corrected chi connectivity index (χ1v) is 4.26. The maximum Gasteiger partial charge on any atom is 0.315 e. The maximum atomic E-state index is 10.9. The summed E-state index contributed by atoms with van der Waals surface area (Å²) in [6.07, 6.45) is 1.28. The van der Waals surface area contributed by atoms with E-state index in [-0.39, 0.29) is 5.15 Å². The summed E-state index contributed by atoms with van der Waals surface area (Å²) in [5.41, 5.74) is -0.276. The van der Waals surface area contributed by atoms with Crippen LogP contribution in [0.5, 0.6) is 0 Å². The molecule has 5 heteroatoms. The average molecular weight is 199 g/mol. The van der Waals surface area contributed by atoms with Crippen LogP contribution in [0.15, 0.2) is 12.1 Å². The molecule has 1 aromatic heterocycles. The van der Waals surface area contributed by atoms with Crippen LogP contribution in [0, 0.1) is 0 Å². The number of halogens is 1. The molecule has 0 bridgehead atoms. The lowest BCUT2D eigenvalue weighted by molar-refractivity contribution is -0.140. The van der Waals surface area contributed by atoms with Crippen LogP contribution in [0.3, 0.4) is 0 Å². The van der Waals surface area contributed by atoms with E-state index in [1.807, 2.05) is 0 Å². The van der Waals surface area contributed by atoms with Crippen molar-refractivity contribution in [3.63, 3.8) is 0 Å². The standard InChI is InChI=1S/C8H7ClN2O2/c9-6-2-1-5(10-11-6)8(3-4-8)7(12)13/h1-2H,3-4H2,(H,12,13). The van der Waals surface area contributed by atoms with Gasteiger partial charge in [0.2, 0.25) is 0 Å². The second-order valence-electron chi connectivity index (χ2n) is 3.13. The quantitative estimate of drug-likeness (QED) is 0.777. The molecule has 68 valence electrons. The highest BCUT2D eigenvalue weighted by molar-refractivity contribution is 6.29. The van der Waals surface area contributed by atoms with Crippen molar-refractivity contribution < 1.29 is 9.90 Å². The zero-order chi connectivity index (χ0) is 9.47. The fourth-order valence-electron chi connectivity index (χ4n) is 1.28. The monoisotopic (exact) mass is 198 g/mol. The van der Waals surface area contributed by atoms with Crippen molar-refractivity contribution in [3.8, 4) is 0 Å². The summed E-state index contributed by atoms with van der Waals surface area (Å²) in [4.78, 5) is 10.9. The van der Waals surface area contributed by atoms with Crippen molar-refractivity contribution in [1.29, 1.82) is 0 Å². The molecule has 1 aliphatic rings. The molecule has 0 aliphatic heterocycles. The summed E-state index contributed by atoms with van der Waals surface area (Å²) in [6, 6.07) is 3.18. The summed E-state index contributed by atoms with van der Waals surface area (Å²) >= 11 is 5.54. The molecular weight excluding hydrogens is 192 g/mol. The number of hydrogen-bond acceptors (Lipinski definition) is 3. The van der Waals surface area contributed by atoms with Crippen molar-refractivity contribution in [3.05, 3.63) is 23.0 Å². The van der Waals surface area contributed by atoms with Gasteiger partial charge < -0.3 is 5.11 Å². The Balaban J connectivity index is 2.36. The van der Waals surface area contributed by atoms with E-state index in [2.05, 4.69) is 10.2 Å². The third-order valence-corrected chi connectivity index (χ3v) is 2.48. The molecule has 1 saturated carbocycles. The maximum absolute atomic E-state index is 10.9. The van der Waals surface area contributed by atoms with Gasteiger partial charge in [-0.25, -0.2) is 0 Å². The Labute approximate surface area is 79.6 Å². The molecule has 0 radical (unpaired) electrons. The van der Waals surface area contributed by atoms with Gasteiger partial charge in [-0.1, -0.05) is 11.6 Å². The van der Waals surface area contributed by atoms with Gasteiger partial charge in [-0.2, -0.15) is 5.10 Å². The largest absolute Gasteiger partial charge is 0.481 e. The molecule has 1 heterocycles. The molecule has 1 aromatic rings. The molecular formula is C8H7ClN2O2. The van der Waals surface area contributed by atoms with Crippen molar-refractivity contribution in [2.75, 3.05) is 0 Å². The van der Waals surface area contributed by atoms with Gasteiger partial charge in [-0.15, -0.1) is 5.10 Å². The van der Waals surface area contributed by atoms with Crippen molar-refractivity contribution >= 4 is 17.6 Å². The Hall–Kier alpha value is -1.16. The van der Waals surface area contributed by atoms with Crippen LogP contribution in [0.1, 0.15) is 18.5 Å². The van der Waals surface area contributed by atoms with Gasteiger partial charge in [0.15, 0.2) is 5.15 Å². The first kappa shape index (κ1) is 8.44. The molecule has 0 atom stereocenters. The first-order chi connectivity index (χ1) is 6.15. The number of rotatable bonds is 2. The van der Waals surface area contributed by atoms with Crippen LogP contribution < -0.4 is 0 Å². The van der Waals surface area contributed by atoms with E-state index in [0.29, 0.717) is 18.5 Å². The fourth-order valence-corrected chi connectivity index (χ4v) is 1.38. The molecule has 13 heavy (non-hydrogen) atoms. The van der Waals surface area contributed by atoms with E-state index >= 15 is 0 Å². The van der Waals surface area contributed by atoms with Crippen molar-refractivity contribution in [2.45, 2.75) is 18.3 Å². The minimum absolute atomic E-state index is 0.282. The number of carboxylic acid groups (broad SMARTS) is 1. The van der Waals surface area contributed by atoms with Crippen molar-refractivity contribution in [2.24, 2.45) is 0 Å². The highest BCUT2D eigenvalue weighted by Crippen LogP contribution is 2.47. The van der Waals surface area contributed by atoms with Crippen molar-refractivity contribution in [1.82, 2.24) is 10.2 Å². The number of carboxylic acids is 1. The third-order valence-electron chi connectivity index (χ3n) is 2.28. The van der Waals surface area contributed by atoms with E-state index in [0.717, 1.165) is 0 Å². The minimum Gasteiger partial charge on any atom is -0.481 e. The van der Waals surface area contributed by atoms with E-state index in [9.17, 15) is 4.79 Å². The Morgan fingerprint density at radius 3 is 2.54 bits per heavy atom. The number of nitrogens with zero attached hydrogens (tertiary/aromatic N) is 2. The van der Waals surface area contributed by atoms with E-state index < -0.39 is 11.4 Å². The molecule has 1 fully saturated rings. The molecule has 0 amide bonds. The smallest absolute Gasteiger partial charge is 0.315 e. The highest BCUT2D eigenvalue weighted by atomic mass is 35.5. The van der Waals surface area contributed by atoms with Gasteiger partial charge in [0.1, 0.15) is 5.41 Å². The Morgan fingerprint density at radius 1 is 1.46 bits per heavy atom. The van der Waals surface area contributed by atoms with Gasteiger partial charge in [0.05, 0.1) is 5.69 Å². The molecule has 0 spiro atoms. The fraction of sp³-hybridized carbons (Fsp3) is 0.375. The predicted octanol–water partition coefficient (Wildman–Crippen LogP) is 1.25. The minimum atomic E-state index is -0.830. The highest BCUT2D eigenvalue weighted by Gasteiger charge is 2.53. The molecule has 1 aliphatic carbocycles. The Morgan fingerprint density at radius 2 is 2.15 bits per heavy atom. The van der Waals surface area contributed by atoms with Crippen LogP contribution in [0.4, 0.5) is 0 Å². The summed E-state index contributed by atoms with van der Waals surface area (Å²) < 4.78 is 0. The second kappa shape index (κ2) is 2.67. The molecule has 1 N–H and O–H groups in total. The first-order valence-electron chi connectivity index (χ1n) is 3.88. The summed E-state index contributed by atoms with van der Waals surface area (Å²) in [5.74, 6) is -0.830. The summed E-state index contributed by atoms with van der Waals surface area (Å²) in [5, 5.41) is 16.6. The Kier molecular flexibility index (Phi) is 1.73. The zero-order valence-electron chi connectivity index (χ0n) is 6.70. The summed E-state index contributed by atoms with van der Waals surface area (Å²) in [7, 11) is 0. The van der Waals surface area contributed by atoms with Crippen LogP contribution in [-0.4, -0.2) is 21.3 Å². The predicted molar refractivity (Wildman–Crippen MR) is 45.6 cm³/mol. The number of aromatic nitrogens is 2. The number of hydrogen-bond donors (Lipinski definition) is 1. The topological polar surface area (TPSA) is 63.1 Å². The molecule has 4 nitrogen and oxygen atoms in total. The van der Waals surface area contributed by atoms with Crippen LogP contribution in [0.25, 0.3) is 0 Å². The lowest BCUT2D eigenvalue weighted by atomic mass is 10.0. The third kappa shape index (κ3) is 1.27. The van der Waals surface area contributed by atoms with Gasteiger partial charge >= 0.3 is 5.97 Å². The van der Waals surface area contributed by atoms with Crippen LogP contribution in [0.2, 0.25) is 5.15 Å². The average Bonchev–Trinajstić information content (AvgIpc) is 2.86. The van der Waals surface area contributed by atoms with E-state index in [4.69, 9.17) is 16.7 Å². The second-order valence-corrected chi connectivity index (χ2v) is 3.52. The van der Waals surface area contributed by atoms with Gasteiger partial charge in [-0.05, 0) is 25.0 Å². The van der Waals surface area contributed by atoms with Crippen LogP contribution >= 0.6 is 11.6 Å². The SMILES string of the molecule is O=C(O)C1(c2ccc(Cl)nn2)CC1. The van der Waals surface area contributed by atoms with Gasteiger partial charge in [0.25, 0.3) is 0 Å². The van der Waals surface area contributed by atoms with E-state index in [1.54, 1.807) is 12.1 Å². The number of carbonyl (C=O) groups is 1. The Bertz CT molecular complexity index is 346. The zero-order valence-corrected chi connectivity index (χ0v) is 7.45. The normalized spacial score (nSPS) is 18.2. The molecule has 0 unspecified atom stereocenters. The molecule has 2 rings (SSSR count). The van der Waals surface area contributed by atoms with Crippen LogP contribution in [-0.2, 0) is 10.2 Å². The lowest BCUT2D eigenvalue weighted by Crippen LogP contribution is -2.21.